The summed E-state index contributed by atoms with van der Waals surface area (Å²) >= 11 is 3.33. The Hall–Kier alpha value is -1.57. The standard InChI is InChI=1S/C19H22BrNO4S/c1-12-5-7-14-15(11-19(2,3)25-17(14)9-12)21-26(22,23)18-10-13(20)6-8-16(18)24-4/h5-10,15,21H,11H2,1-4H3/t15-/m0/s1. The molecule has 0 aliphatic carbocycles. The van der Waals surface area contributed by atoms with Crippen molar-refractivity contribution in [2.45, 2.75) is 43.7 Å². The van der Waals surface area contributed by atoms with E-state index in [-0.39, 0.29) is 10.9 Å². The number of methoxy groups -OCH3 is 1. The number of halogens is 1. The minimum absolute atomic E-state index is 0.104. The fourth-order valence-corrected chi connectivity index (χ4v) is 5.10. The number of hydrogen-bond donors (Lipinski definition) is 1. The summed E-state index contributed by atoms with van der Waals surface area (Å²) in [5.74, 6) is 1.02. The van der Waals surface area contributed by atoms with Crippen molar-refractivity contribution in [1.82, 2.24) is 4.72 Å². The summed E-state index contributed by atoms with van der Waals surface area (Å²) in [7, 11) is -2.33. The number of ether oxygens (including phenoxy) is 2. The van der Waals surface area contributed by atoms with Gasteiger partial charge in [-0.3, -0.25) is 0 Å². The van der Waals surface area contributed by atoms with Gasteiger partial charge in [-0.05, 0) is 50.6 Å². The van der Waals surface area contributed by atoms with Gasteiger partial charge in [-0.2, -0.15) is 0 Å². The van der Waals surface area contributed by atoms with Crippen LogP contribution in [0.1, 0.15) is 37.4 Å². The normalized spacial score (nSPS) is 18.7. The predicted octanol–water partition coefficient (Wildman–Crippen LogP) is 4.35. The lowest BCUT2D eigenvalue weighted by atomic mass is 9.90. The van der Waals surface area contributed by atoms with E-state index in [1.54, 1.807) is 18.2 Å². The summed E-state index contributed by atoms with van der Waals surface area (Å²) in [5, 5.41) is 0. The molecule has 0 bridgehead atoms. The smallest absolute Gasteiger partial charge is 0.244 e. The van der Waals surface area contributed by atoms with E-state index in [2.05, 4.69) is 20.7 Å². The summed E-state index contributed by atoms with van der Waals surface area (Å²) in [6.45, 7) is 5.90. The summed E-state index contributed by atoms with van der Waals surface area (Å²) in [4.78, 5) is 0.104. The van der Waals surface area contributed by atoms with Crippen LogP contribution in [0.5, 0.6) is 11.5 Å². The molecular weight excluding hydrogens is 418 g/mol. The highest BCUT2D eigenvalue weighted by molar-refractivity contribution is 9.10. The number of hydrogen-bond acceptors (Lipinski definition) is 4. The Kier molecular flexibility index (Phi) is 5.07. The van der Waals surface area contributed by atoms with Crippen LogP contribution in [-0.2, 0) is 10.0 Å². The van der Waals surface area contributed by atoms with Crippen LogP contribution in [0, 0.1) is 6.92 Å². The SMILES string of the molecule is COc1ccc(Br)cc1S(=O)(=O)N[C@H]1CC(C)(C)Oc2cc(C)ccc21. The number of aryl methyl sites for hydroxylation is 1. The third-order valence-corrected chi connectivity index (χ3v) is 6.33. The molecule has 5 nitrogen and oxygen atoms in total. The van der Waals surface area contributed by atoms with Gasteiger partial charge >= 0.3 is 0 Å². The molecule has 0 saturated carbocycles. The van der Waals surface area contributed by atoms with E-state index in [1.807, 2.05) is 39.0 Å². The van der Waals surface area contributed by atoms with E-state index in [9.17, 15) is 8.42 Å². The van der Waals surface area contributed by atoms with Crippen LogP contribution in [-0.4, -0.2) is 21.1 Å². The Labute approximate surface area is 162 Å². The molecule has 0 unspecified atom stereocenters. The zero-order valence-electron chi connectivity index (χ0n) is 15.2. The maximum Gasteiger partial charge on any atom is 0.244 e. The van der Waals surface area contributed by atoms with Crippen molar-refractivity contribution in [2.24, 2.45) is 0 Å². The zero-order chi connectivity index (χ0) is 19.1. The third kappa shape index (κ3) is 3.89. The molecule has 1 atom stereocenters. The Balaban J connectivity index is 2.02. The monoisotopic (exact) mass is 439 g/mol. The van der Waals surface area contributed by atoms with Gasteiger partial charge in [-0.25, -0.2) is 13.1 Å². The van der Waals surface area contributed by atoms with Gasteiger partial charge in [-0.15, -0.1) is 0 Å². The minimum Gasteiger partial charge on any atom is -0.495 e. The van der Waals surface area contributed by atoms with Gasteiger partial charge in [0.1, 0.15) is 22.0 Å². The molecule has 0 aromatic heterocycles. The first-order valence-corrected chi connectivity index (χ1v) is 10.5. The van der Waals surface area contributed by atoms with Crippen LogP contribution in [0.3, 0.4) is 0 Å². The van der Waals surface area contributed by atoms with Gasteiger partial charge in [-0.1, -0.05) is 28.1 Å². The second-order valence-electron chi connectivity index (χ2n) is 7.08. The molecule has 26 heavy (non-hydrogen) atoms. The minimum atomic E-state index is -3.79. The molecule has 0 spiro atoms. The summed E-state index contributed by atoms with van der Waals surface area (Å²) in [6, 6.07) is 10.4. The number of benzene rings is 2. The first-order chi connectivity index (χ1) is 12.1. The first kappa shape index (κ1) is 19.2. The Morgan fingerprint density at radius 3 is 2.65 bits per heavy atom. The van der Waals surface area contributed by atoms with Gasteiger partial charge in [0.05, 0.1) is 13.2 Å². The highest BCUT2D eigenvalue weighted by Crippen LogP contribution is 2.41. The second-order valence-corrected chi connectivity index (χ2v) is 9.67. The average Bonchev–Trinajstić information content (AvgIpc) is 2.52. The first-order valence-electron chi connectivity index (χ1n) is 8.27. The van der Waals surface area contributed by atoms with Crippen molar-refractivity contribution < 1.29 is 17.9 Å². The summed E-state index contributed by atoms with van der Waals surface area (Å²) in [5.41, 5.74) is 1.43. The largest absolute Gasteiger partial charge is 0.495 e. The van der Waals surface area contributed by atoms with Gasteiger partial charge in [0.15, 0.2) is 0 Å². The van der Waals surface area contributed by atoms with Crippen LogP contribution in [0.4, 0.5) is 0 Å². The number of nitrogens with one attached hydrogen (secondary N) is 1. The quantitative estimate of drug-likeness (QED) is 0.768. The fourth-order valence-electron chi connectivity index (χ4n) is 3.18. The lowest BCUT2D eigenvalue weighted by molar-refractivity contribution is 0.0701. The van der Waals surface area contributed by atoms with Crippen LogP contribution in [0.25, 0.3) is 0 Å². The molecule has 1 heterocycles. The van der Waals surface area contributed by atoms with E-state index in [0.29, 0.717) is 16.6 Å². The van der Waals surface area contributed by atoms with E-state index in [0.717, 1.165) is 16.9 Å². The Bertz CT molecular complexity index is 941. The molecule has 0 fully saturated rings. The van der Waals surface area contributed by atoms with E-state index < -0.39 is 15.6 Å². The number of rotatable bonds is 4. The molecule has 7 heteroatoms. The zero-order valence-corrected chi connectivity index (χ0v) is 17.6. The molecule has 2 aromatic carbocycles. The van der Waals surface area contributed by atoms with Crippen molar-refractivity contribution in [3.05, 3.63) is 52.0 Å². The molecule has 1 aliphatic heterocycles. The third-order valence-electron chi connectivity index (χ3n) is 4.34. The maximum atomic E-state index is 13.1. The fraction of sp³-hybridized carbons (Fsp3) is 0.368. The van der Waals surface area contributed by atoms with E-state index >= 15 is 0 Å². The number of fused-ring (bicyclic) bond motifs is 1. The molecule has 1 N–H and O–H groups in total. The molecule has 0 saturated heterocycles. The van der Waals surface area contributed by atoms with Gasteiger partial charge < -0.3 is 9.47 Å². The molecule has 3 rings (SSSR count). The van der Waals surface area contributed by atoms with Crippen molar-refractivity contribution in [3.8, 4) is 11.5 Å². The molecular formula is C19H22BrNO4S. The van der Waals surface area contributed by atoms with Crippen LogP contribution >= 0.6 is 15.9 Å². The van der Waals surface area contributed by atoms with Crippen molar-refractivity contribution >= 4 is 26.0 Å². The Morgan fingerprint density at radius 1 is 1.23 bits per heavy atom. The lowest BCUT2D eigenvalue weighted by Crippen LogP contribution is -2.41. The van der Waals surface area contributed by atoms with E-state index in [1.165, 1.54) is 7.11 Å². The van der Waals surface area contributed by atoms with Gasteiger partial charge in [0.25, 0.3) is 0 Å². The predicted molar refractivity (Wildman–Crippen MR) is 104 cm³/mol. The molecule has 1 aliphatic rings. The van der Waals surface area contributed by atoms with Crippen LogP contribution in [0.15, 0.2) is 45.8 Å². The highest BCUT2D eigenvalue weighted by atomic mass is 79.9. The molecule has 0 radical (unpaired) electrons. The van der Waals surface area contributed by atoms with Crippen molar-refractivity contribution in [2.75, 3.05) is 7.11 Å². The van der Waals surface area contributed by atoms with E-state index in [4.69, 9.17) is 9.47 Å². The van der Waals surface area contributed by atoms with Gasteiger partial charge in [0.2, 0.25) is 10.0 Å². The molecule has 2 aromatic rings. The average molecular weight is 440 g/mol. The lowest BCUT2D eigenvalue weighted by Gasteiger charge is -2.38. The maximum absolute atomic E-state index is 13.1. The summed E-state index contributed by atoms with van der Waals surface area (Å²) < 4.78 is 40.9. The number of sulfonamides is 1. The molecule has 0 amide bonds. The second kappa shape index (κ2) is 6.87. The summed E-state index contributed by atoms with van der Waals surface area (Å²) in [6.07, 6.45) is 0.526. The van der Waals surface area contributed by atoms with Crippen LogP contribution < -0.4 is 14.2 Å². The highest BCUT2D eigenvalue weighted by Gasteiger charge is 2.36. The molecule has 140 valence electrons. The topological polar surface area (TPSA) is 64.6 Å². The van der Waals surface area contributed by atoms with Crippen molar-refractivity contribution in [1.29, 1.82) is 0 Å². The Morgan fingerprint density at radius 2 is 1.96 bits per heavy atom. The van der Waals surface area contributed by atoms with Gasteiger partial charge in [0, 0.05) is 16.5 Å². The van der Waals surface area contributed by atoms with Crippen molar-refractivity contribution in [3.63, 3.8) is 0 Å². The van der Waals surface area contributed by atoms with Crippen LogP contribution in [0.2, 0.25) is 0 Å².